The molecule has 1 N–H and O–H groups in total. The van der Waals surface area contributed by atoms with Gasteiger partial charge in [0, 0.05) is 26.3 Å². The molecule has 0 saturated heterocycles. The first-order chi connectivity index (χ1) is 8.95. The minimum Gasteiger partial charge on any atom is -0.481 e. The Bertz CT molecular complexity index is 441. The summed E-state index contributed by atoms with van der Waals surface area (Å²) in [6.07, 6.45) is 0. The van der Waals surface area contributed by atoms with E-state index in [1.54, 1.807) is 33.2 Å². The number of hydrogen-bond acceptors (Lipinski definition) is 3. The van der Waals surface area contributed by atoms with Gasteiger partial charge in [0.1, 0.15) is 0 Å². The molecule has 0 spiro atoms. The smallest absolute Gasteiger partial charge is 0.308 e. The van der Waals surface area contributed by atoms with Crippen LogP contribution in [0.15, 0.2) is 24.3 Å². The van der Waals surface area contributed by atoms with Crippen LogP contribution in [0.25, 0.3) is 0 Å². The molecule has 1 aromatic carbocycles. The van der Waals surface area contributed by atoms with Gasteiger partial charge >= 0.3 is 5.97 Å². The SMILES string of the molecule is COCc1ccc(C(=O)N(C)CC(C)C(=O)O)cc1. The maximum Gasteiger partial charge on any atom is 0.308 e. The average Bonchev–Trinajstić information content (AvgIpc) is 2.39. The van der Waals surface area contributed by atoms with E-state index in [1.165, 1.54) is 4.90 Å². The molecule has 1 aromatic rings. The molecule has 0 radical (unpaired) electrons. The summed E-state index contributed by atoms with van der Waals surface area (Å²) in [7, 11) is 3.21. The maximum atomic E-state index is 12.1. The number of hydrogen-bond donors (Lipinski definition) is 1. The third kappa shape index (κ3) is 4.37. The number of benzene rings is 1. The summed E-state index contributed by atoms with van der Waals surface area (Å²) in [6, 6.07) is 7.09. The Hall–Kier alpha value is -1.88. The molecule has 0 bridgehead atoms. The molecule has 1 amide bonds. The van der Waals surface area contributed by atoms with E-state index in [9.17, 15) is 9.59 Å². The average molecular weight is 265 g/mol. The molecule has 0 heterocycles. The monoisotopic (exact) mass is 265 g/mol. The lowest BCUT2D eigenvalue weighted by Crippen LogP contribution is -2.33. The van der Waals surface area contributed by atoms with E-state index in [4.69, 9.17) is 9.84 Å². The number of methoxy groups -OCH3 is 1. The number of amides is 1. The van der Waals surface area contributed by atoms with E-state index in [2.05, 4.69) is 0 Å². The number of ether oxygens (including phenoxy) is 1. The first kappa shape index (κ1) is 15.2. The fourth-order valence-electron chi connectivity index (χ4n) is 1.70. The highest BCUT2D eigenvalue weighted by atomic mass is 16.5. The van der Waals surface area contributed by atoms with Gasteiger partial charge in [0.15, 0.2) is 0 Å². The van der Waals surface area contributed by atoms with Crippen molar-refractivity contribution in [3.8, 4) is 0 Å². The van der Waals surface area contributed by atoms with Crippen LogP contribution < -0.4 is 0 Å². The number of carbonyl (C=O) groups is 2. The quantitative estimate of drug-likeness (QED) is 0.849. The Kier molecular flexibility index (Phi) is 5.51. The number of carbonyl (C=O) groups excluding carboxylic acids is 1. The minimum atomic E-state index is -0.907. The molecule has 104 valence electrons. The zero-order valence-corrected chi connectivity index (χ0v) is 11.4. The summed E-state index contributed by atoms with van der Waals surface area (Å²) in [5.74, 6) is -1.67. The van der Waals surface area contributed by atoms with Crippen LogP contribution in [-0.2, 0) is 16.1 Å². The fourth-order valence-corrected chi connectivity index (χ4v) is 1.70. The lowest BCUT2D eigenvalue weighted by molar-refractivity contribution is -0.141. The Morgan fingerprint density at radius 1 is 1.32 bits per heavy atom. The second-order valence-electron chi connectivity index (χ2n) is 4.55. The molecule has 1 rings (SSSR count). The predicted molar refractivity (Wildman–Crippen MR) is 70.9 cm³/mol. The molecule has 5 nitrogen and oxygen atoms in total. The van der Waals surface area contributed by atoms with Gasteiger partial charge in [-0.1, -0.05) is 19.1 Å². The van der Waals surface area contributed by atoms with Crippen LogP contribution in [0.2, 0.25) is 0 Å². The first-order valence-corrected chi connectivity index (χ1v) is 6.02. The van der Waals surface area contributed by atoms with Gasteiger partial charge in [-0.15, -0.1) is 0 Å². The molecule has 0 saturated carbocycles. The van der Waals surface area contributed by atoms with Gasteiger partial charge in [0.25, 0.3) is 5.91 Å². The van der Waals surface area contributed by atoms with E-state index < -0.39 is 11.9 Å². The highest BCUT2D eigenvalue weighted by Crippen LogP contribution is 2.09. The molecule has 0 aromatic heterocycles. The van der Waals surface area contributed by atoms with Crippen molar-refractivity contribution >= 4 is 11.9 Å². The first-order valence-electron chi connectivity index (χ1n) is 6.02. The molecule has 0 aliphatic carbocycles. The van der Waals surface area contributed by atoms with Crippen LogP contribution in [-0.4, -0.2) is 42.6 Å². The van der Waals surface area contributed by atoms with Crippen LogP contribution in [0.4, 0.5) is 0 Å². The lowest BCUT2D eigenvalue weighted by atomic mass is 10.1. The van der Waals surface area contributed by atoms with Gasteiger partial charge in [-0.3, -0.25) is 9.59 Å². The van der Waals surface area contributed by atoms with Crippen molar-refractivity contribution in [1.82, 2.24) is 4.90 Å². The lowest BCUT2D eigenvalue weighted by Gasteiger charge is -2.19. The van der Waals surface area contributed by atoms with Crippen LogP contribution in [0.3, 0.4) is 0 Å². The topological polar surface area (TPSA) is 66.8 Å². The van der Waals surface area contributed by atoms with Gasteiger partial charge in [-0.05, 0) is 17.7 Å². The Labute approximate surface area is 112 Å². The fraction of sp³-hybridized carbons (Fsp3) is 0.429. The second-order valence-corrected chi connectivity index (χ2v) is 4.55. The summed E-state index contributed by atoms with van der Waals surface area (Å²) >= 11 is 0. The van der Waals surface area contributed by atoms with Crippen LogP contribution in [0.1, 0.15) is 22.8 Å². The highest BCUT2D eigenvalue weighted by molar-refractivity contribution is 5.94. The molecule has 5 heteroatoms. The Morgan fingerprint density at radius 2 is 1.89 bits per heavy atom. The molecule has 0 aliphatic heterocycles. The number of carboxylic acids is 1. The van der Waals surface area contributed by atoms with Gasteiger partial charge in [-0.2, -0.15) is 0 Å². The molecular weight excluding hydrogens is 246 g/mol. The Morgan fingerprint density at radius 3 is 2.37 bits per heavy atom. The number of carboxylic acid groups (broad SMARTS) is 1. The van der Waals surface area contributed by atoms with E-state index in [-0.39, 0.29) is 12.5 Å². The Balaban J connectivity index is 2.68. The third-order valence-electron chi connectivity index (χ3n) is 2.83. The van der Waals surface area contributed by atoms with Crippen molar-refractivity contribution < 1.29 is 19.4 Å². The summed E-state index contributed by atoms with van der Waals surface area (Å²) in [4.78, 5) is 24.3. The predicted octanol–water partition coefficient (Wildman–Crippen LogP) is 1.63. The molecular formula is C14H19NO4. The third-order valence-corrected chi connectivity index (χ3v) is 2.83. The van der Waals surface area contributed by atoms with Crippen molar-refractivity contribution in [2.75, 3.05) is 20.7 Å². The zero-order valence-electron chi connectivity index (χ0n) is 11.4. The van der Waals surface area contributed by atoms with Crippen molar-refractivity contribution in [3.63, 3.8) is 0 Å². The van der Waals surface area contributed by atoms with Crippen LogP contribution in [0.5, 0.6) is 0 Å². The van der Waals surface area contributed by atoms with Crippen molar-refractivity contribution in [1.29, 1.82) is 0 Å². The van der Waals surface area contributed by atoms with Crippen LogP contribution >= 0.6 is 0 Å². The largest absolute Gasteiger partial charge is 0.481 e. The number of nitrogens with zero attached hydrogens (tertiary/aromatic N) is 1. The number of rotatable bonds is 6. The van der Waals surface area contributed by atoms with Gasteiger partial charge < -0.3 is 14.7 Å². The summed E-state index contributed by atoms with van der Waals surface area (Å²) < 4.78 is 4.99. The van der Waals surface area contributed by atoms with Crippen molar-refractivity contribution in [2.24, 2.45) is 5.92 Å². The van der Waals surface area contributed by atoms with E-state index in [1.807, 2.05) is 12.1 Å². The highest BCUT2D eigenvalue weighted by Gasteiger charge is 2.18. The molecule has 19 heavy (non-hydrogen) atoms. The van der Waals surface area contributed by atoms with Crippen molar-refractivity contribution in [2.45, 2.75) is 13.5 Å². The van der Waals surface area contributed by atoms with Crippen LogP contribution in [0, 0.1) is 5.92 Å². The minimum absolute atomic E-state index is 0.183. The standard InChI is InChI=1S/C14H19NO4/c1-10(14(17)18)8-15(2)13(16)12-6-4-11(5-7-12)9-19-3/h4-7,10H,8-9H2,1-3H3,(H,17,18). The zero-order chi connectivity index (χ0) is 14.4. The molecule has 0 aliphatic rings. The number of aliphatic carboxylic acids is 1. The molecule has 1 unspecified atom stereocenters. The van der Waals surface area contributed by atoms with Gasteiger partial charge in [0.2, 0.25) is 0 Å². The normalized spacial score (nSPS) is 11.9. The summed E-state index contributed by atoms with van der Waals surface area (Å²) in [6.45, 7) is 2.27. The van der Waals surface area contributed by atoms with Gasteiger partial charge in [-0.25, -0.2) is 0 Å². The van der Waals surface area contributed by atoms with E-state index in [0.29, 0.717) is 12.2 Å². The molecule has 0 fully saturated rings. The van der Waals surface area contributed by atoms with E-state index >= 15 is 0 Å². The van der Waals surface area contributed by atoms with Gasteiger partial charge in [0.05, 0.1) is 12.5 Å². The van der Waals surface area contributed by atoms with E-state index in [0.717, 1.165) is 5.56 Å². The molecule has 1 atom stereocenters. The summed E-state index contributed by atoms with van der Waals surface area (Å²) in [5.41, 5.74) is 1.53. The second kappa shape index (κ2) is 6.89. The maximum absolute atomic E-state index is 12.1. The van der Waals surface area contributed by atoms with Crippen molar-refractivity contribution in [3.05, 3.63) is 35.4 Å². The summed E-state index contributed by atoms with van der Waals surface area (Å²) in [5, 5.41) is 8.83.